The monoisotopic (exact) mass is 247 g/mol. The first-order valence-corrected chi connectivity index (χ1v) is 6.14. The van der Waals surface area contributed by atoms with Crippen molar-refractivity contribution in [3.8, 4) is 5.88 Å². The Morgan fingerprint density at radius 1 is 1.61 bits per heavy atom. The van der Waals surface area contributed by atoms with Gasteiger partial charge in [-0.05, 0) is 25.8 Å². The molecule has 0 N–H and O–H groups in total. The lowest BCUT2D eigenvalue weighted by Crippen LogP contribution is -2.43. The van der Waals surface area contributed by atoms with Crippen LogP contribution in [0.4, 0.5) is 0 Å². The van der Waals surface area contributed by atoms with Crippen LogP contribution in [0.15, 0.2) is 30.7 Å². The Hall–Kier alpha value is -1.91. The Labute approximate surface area is 106 Å². The third-order valence-electron chi connectivity index (χ3n) is 2.84. The maximum atomic E-state index is 11.8. The molecule has 96 valence electrons. The number of hydrogen-bond donors (Lipinski definition) is 0. The Balaban J connectivity index is 1.93. The van der Waals surface area contributed by atoms with E-state index in [-0.39, 0.29) is 12.0 Å². The lowest BCUT2D eigenvalue weighted by atomic mass is 10.1. The van der Waals surface area contributed by atoms with Crippen LogP contribution in [0.25, 0.3) is 0 Å². The largest absolute Gasteiger partial charge is 0.472 e. The van der Waals surface area contributed by atoms with Gasteiger partial charge in [-0.1, -0.05) is 6.08 Å². The molecule has 1 aromatic heterocycles. The highest BCUT2D eigenvalue weighted by Crippen LogP contribution is 2.16. The van der Waals surface area contributed by atoms with Gasteiger partial charge in [-0.15, -0.1) is 0 Å². The van der Waals surface area contributed by atoms with Crippen LogP contribution >= 0.6 is 0 Å². The van der Waals surface area contributed by atoms with Crippen molar-refractivity contribution in [1.82, 2.24) is 14.9 Å². The second kappa shape index (κ2) is 6.14. The van der Waals surface area contributed by atoms with E-state index in [1.807, 2.05) is 11.8 Å². The topological polar surface area (TPSA) is 55.3 Å². The minimum Gasteiger partial charge on any atom is -0.472 e. The number of piperidine rings is 1. The van der Waals surface area contributed by atoms with Crippen molar-refractivity contribution in [2.24, 2.45) is 0 Å². The smallest absolute Gasteiger partial charge is 0.246 e. The van der Waals surface area contributed by atoms with Crippen LogP contribution in [-0.4, -0.2) is 40.0 Å². The number of ether oxygens (including phenoxy) is 1. The van der Waals surface area contributed by atoms with Gasteiger partial charge in [-0.25, -0.2) is 9.97 Å². The number of aromatic nitrogens is 2. The van der Waals surface area contributed by atoms with E-state index in [0.717, 1.165) is 19.4 Å². The van der Waals surface area contributed by atoms with Crippen molar-refractivity contribution in [2.45, 2.75) is 25.9 Å². The van der Waals surface area contributed by atoms with Crippen LogP contribution in [0.3, 0.4) is 0 Å². The summed E-state index contributed by atoms with van der Waals surface area (Å²) < 4.78 is 5.74. The van der Waals surface area contributed by atoms with E-state index >= 15 is 0 Å². The van der Waals surface area contributed by atoms with Gasteiger partial charge in [0.05, 0.1) is 6.54 Å². The third kappa shape index (κ3) is 3.29. The van der Waals surface area contributed by atoms with E-state index in [1.165, 1.54) is 6.33 Å². The van der Waals surface area contributed by atoms with Crippen molar-refractivity contribution < 1.29 is 9.53 Å². The standard InChI is InChI=1S/C13H17N3O2/c1-2-4-13(17)16-8-3-5-11(9-16)18-12-6-7-14-10-15-12/h2,4,6-7,10-11H,3,5,8-9H2,1H3/b4-2+/t11-/m0/s1. The third-order valence-corrected chi connectivity index (χ3v) is 2.84. The van der Waals surface area contributed by atoms with Gasteiger partial charge in [-0.3, -0.25) is 4.79 Å². The van der Waals surface area contributed by atoms with Gasteiger partial charge in [-0.2, -0.15) is 0 Å². The summed E-state index contributed by atoms with van der Waals surface area (Å²) in [5.41, 5.74) is 0. The zero-order valence-corrected chi connectivity index (χ0v) is 10.5. The summed E-state index contributed by atoms with van der Waals surface area (Å²) >= 11 is 0. The highest BCUT2D eigenvalue weighted by atomic mass is 16.5. The minimum absolute atomic E-state index is 0.0165. The zero-order chi connectivity index (χ0) is 12.8. The first-order valence-electron chi connectivity index (χ1n) is 6.14. The van der Waals surface area contributed by atoms with E-state index < -0.39 is 0 Å². The number of rotatable bonds is 3. The summed E-state index contributed by atoms with van der Waals surface area (Å²) in [5, 5.41) is 0. The van der Waals surface area contributed by atoms with Crippen molar-refractivity contribution in [3.63, 3.8) is 0 Å². The molecular formula is C13H17N3O2. The molecule has 0 aliphatic carbocycles. The maximum Gasteiger partial charge on any atom is 0.246 e. The predicted molar refractivity (Wildman–Crippen MR) is 67.1 cm³/mol. The molecule has 2 rings (SSSR count). The van der Waals surface area contributed by atoms with E-state index in [9.17, 15) is 4.79 Å². The molecular weight excluding hydrogens is 230 g/mol. The minimum atomic E-state index is 0.0165. The second-order valence-electron chi connectivity index (χ2n) is 4.21. The molecule has 1 fully saturated rings. The fraction of sp³-hybridized carbons (Fsp3) is 0.462. The number of amides is 1. The number of allylic oxidation sites excluding steroid dienone is 1. The summed E-state index contributed by atoms with van der Waals surface area (Å²) in [6, 6.07) is 1.73. The number of carbonyl (C=O) groups is 1. The summed E-state index contributed by atoms with van der Waals surface area (Å²) in [4.78, 5) is 21.4. The Bertz CT molecular complexity index is 420. The van der Waals surface area contributed by atoms with Gasteiger partial charge in [0.1, 0.15) is 12.4 Å². The Morgan fingerprint density at radius 3 is 3.22 bits per heavy atom. The van der Waals surface area contributed by atoms with Gasteiger partial charge in [0.15, 0.2) is 0 Å². The number of hydrogen-bond acceptors (Lipinski definition) is 4. The van der Waals surface area contributed by atoms with E-state index in [0.29, 0.717) is 12.4 Å². The van der Waals surface area contributed by atoms with Gasteiger partial charge in [0, 0.05) is 18.8 Å². The van der Waals surface area contributed by atoms with Gasteiger partial charge in [0.25, 0.3) is 0 Å². The molecule has 1 saturated heterocycles. The van der Waals surface area contributed by atoms with Crippen LogP contribution in [0.5, 0.6) is 5.88 Å². The van der Waals surface area contributed by atoms with Gasteiger partial charge >= 0.3 is 0 Å². The van der Waals surface area contributed by atoms with Crippen LogP contribution in [0.1, 0.15) is 19.8 Å². The molecule has 0 spiro atoms. The van der Waals surface area contributed by atoms with Gasteiger partial charge in [0.2, 0.25) is 11.8 Å². The summed E-state index contributed by atoms with van der Waals surface area (Å²) in [6.07, 6.45) is 8.38. The number of likely N-dealkylation sites (tertiary alicyclic amines) is 1. The average molecular weight is 247 g/mol. The maximum absolute atomic E-state index is 11.8. The van der Waals surface area contributed by atoms with Crippen LogP contribution in [0, 0.1) is 0 Å². The van der Waals surface area contributed by atoms with Crippen molar-refractivity contribution in [3.05, 3.63) is 30.7 Å². The lowest BCUT2D eigenvalue weighted by Gasteiger charge is -2.31. The lowest BCUT2D eigenvalue weighted by molar-refractivity contribution is -0.128. The van der Waals surface area contributed by atoms with Crippen molar-refractivity contribution in [1.29, 1.82) is 0 Å². The van der Waals surface area contributed by atoms with E-state index in [4.69, 9.17) is 4.74 Å². The molecule has 1 aliphatic rings. The van der Waals surface area contributed by atoms with E-state index in [1.54, 1.807) is 24.4 Å². The molecule has 0 radical (unpaired) electrons. The number of nitrogens with zero attached hydrogens (tertiary/aromatic N) is 3. The summed E-state index contributed by atoms with van der Waals surface area (Å²) in [7, 11) is 0. The second-order valence-corrected chi connectivity index (χ2v) is 4.21. The zero-order valence-electron chi connectivity index (χ0n) is 10.5. The first kappa shape index (κ1) is 12.5. The molecule has 5 heteroatoms. The first-order chi connectivity index (χ1) is 8.79. The van der Waals surface area contributed by atoms with Crippen LogP contribution < -0.4 is 4.74 Å². The SMILES string of the molecule is C/C=C/C(=O)N1CCC[C@H](Oc2ccncn2)C1. The molecule has 1 atom stereocenters. The van der Waals surface area contributed by atoms with Crippen LogP contribution in [0.2, 0.25) is 0 Å². The molecule has 0 aromatic carbocycles. The average Bonchev–Trinajstić information content (AvgIpc) is 2.40. The molecule has 5 nitrogen and oxygen atoms in total. The predicted octanol–water partition coefficient (Wildman–Crippen LogP) is 1.42. The molecule has 2 heterocycles. The Morgan fingerprint density at radius 2 is 2.50 bits per heavy atom. The van der Waals surface area contributed by atoms with Crippen molar-refractivity contribution >= 4 is 5.91 Å². The molecule has 0 unspecified atom stereocenters. The van der Waals surface area contributed by atoms with Gasteiger partial charge < -0.3 is 9.64 Å². The summed E-state index contributed by atoms with van der Waals surface area (Å²) in [5.74, 6) is 0.615. The summed E-state index contributed by atoms with van der Waals surface area (Å²) in [6.45, 7) is 3.26. The van der Waals surface area contributed by atoms with Crippen molar-refractivity contribution in [2.75, 3.05) is 13.1 Å². The normalized spacial score (nSPS) is 20.1. The fourth-order valence-electron chi connectivity index (χ4n) is 2.00. The highest BCUT2D eigenvalue weighted by Gasteiger charge is 2.23. The highest BCUT2D eigenvalue weighted by molar-refractivity contribution is 5.87. The molecule has 1 aromatic rings. The molecule has 0 bridgehead atoms. The molecule has 1 amide bonds. The quantitative estimate of drug-likeness (QED) is 0.758. The molecule has 0 saturated carbocycles. The fourth-order valence-corrected chi connectivity index (χ4v) is 2.00. The van der Waals surface area contributed by atoms with E-state index in [2.05, 4.69) is 9.97 Å². The number of carbonyl (C=O) groups excluding carboxylic acids is 1. The Kier molecular flexibility index (Phi) is 4.28. The molecule has 1 aliphatic heterocycles. The van der Waals surface area contributed by atoms with Crippen LogP contribution in [-0.2, 0) is 4.79 Å². The molecule has 18 heavy (non-hydrogen) atoms.